The molecular weight excluding hydrogens is 693 g/mol. The lowest BCUT2D eigenvalue weighted by molar-refractivity contribution is 0.660. The van der Waals surface area contributed by atoms with Gasteiger partial charge in [-0.15, -0.1) is 0 Å². The smallest absolute Gasteiger partial charge is 0.235 e. The SMILES string of the molecule is CC1(C)c2ccccc2-c2ccc(-c3nc(-n4c5ccccc5c5c6c7ccccc7n(-c7ccc(-c8ccccc8)cc7)c6ccc54)nc4ccccc34)cc21. The van der Waals surface area contributed by atoms with Crippen molar-refractivity contribution in [1.82, 2.24) is 19.1 Å². The lowest BCUT2D eigenvalue weighted by atomic mass is 9.82. The molecule has 1 aliphatic carbocycles. The first kappa shape index (κ1) is 32.0. The maximum Gasteiger partial charge on any atom is 0.235 e. The maximum absolute atomic E-state index is 5.51. The van der Waals surface area contributed by atoms with Crippen molar-refractivity contribution in [2.75, 3.05) is 0 Å². The Kier molecular flexibility index (Phi) is 6.65. The molecule has 0 radical (unpaired) electrons. The average molecular weight is 729 g/mol. The second-order valence-corrected chi connectivity index (χ2v) is 15.8. The fourth-order valence-electron chi connectivity index (χ4n) is 9.68. The van der Waals surface area contributed by atoms with Gasteiger partial charge in [0, 0.05) is 43.6 Å². The van der Waals surface area contributed by atoms with Crippen molar-refractivity contribution in [2.45, 2.75) is 19.3 Å². The minimum atomic E-state index is -0.116. The monoisotopic (exact) mass is 728 g/mol. The van der Waals surface area contributed by atoms with Crippen molar-refractivity contribution in [3.8, 4) is 45.1 Å². The Morgan fingerprint density at radius 1 is 0.404 bits per heavy atom. The zero-order chi connectivity index (χ0) is 37.8. The highest BCUT2D eigenvalue weighted by molar-refractivity contribution is 6.28. The lowest BCUT2D eigenvalue weighted by Gasteiger charge is -2.22. The molecule has 0 atom stereocenters. The molecule has 12 rings (SSSR count). The molecule has 0 spiro atoms. The Balaban J connectivity index is 1.10. The van der Waals surface area contributed by atoms with Crippen LogP contribution in [-0.4, -0.2) is 19.1 Å². The van der Waals surface area contributed by atoms with Crippen LogP contribution >= 0.6 is 0 Å². The molecule has 11 aromatic rings. The van der Waals surface area contributed by atoms with Gasteiger partial charge in [0.05, 0.1) is 33.3 Å². The van der Waals surface area contributed by atoms with E-state index < -0.39 is 0 Å². The number of para-hydroxylation sites is 3. The van der Waals surface area contributed by atoms with E-state index in [2.05, 4.69) is 205 Å². The third-order valence-electron chi connectivity index (χ3n) is 12.4. The second kappa shape index (κ2) is 11.8. The van der Waals surface area contributed by atoms with E-state index in [-0.39, 0.29) is 5.41 Å². The summed E-state index contributed by atoms with van der Waals surface area (Å²) >= 11 is 0. The van der Waals surface area contributed by atoms with Crippen molar-refractivity contribution in [3.05, 3.63) is 193 Å². The first-order chi connectivity index (χ1) is 28.0. The van der Waals surface area contributed by atoms with Crippen molar-refractivity contribution in [2.24, 2.45) is 0 Å². The number of hydrogen-bond donors (Lipinski definition) is 0. The van der Waals surface area contributed by atoms with Gasteiger partial charge in [0.25, 0.3) is 0 Å². The molecule has 4 heteroatoms. The van der Waals surface area contributed by atoms with Gasteiger partial charge in [0.1, 0.15) is 0 Å². The van der Waals surface area contributed by atoms with E-state index in [4.69, 9.17) is 9.97 Å². The summed E-state index contributed by atoms with van der Waals surface area (Å²) in [5, 5.41) is 5.87. The van der Waals surface area contributed by atoms with Crippen molar-refractivity contribution in [3.63, 3.8) is 0 Å². The van der Waals surface area contributed by atoms with Crippen molar-refractivity contribution >= 4 is 54.5 Å². The zero-order valence-corrected chi connectivity index (χ0v) is 31.6. The molecule has 0 N–H and O–H groups in total. The van der Waals surface area contributed by atoms with Gasteiger partial charge in [0.15, 0.2) is 0 Å². The van der Waals surface area contributed by atoms with Crippen LogP contribution in [0.5, 0.6) is 0 Å². The molecular formula is C53H36N4. The van der Waals surface area contributed by atoms with Crippen LogP contribution in [0.2, 0.25) is 0 Å². The number of benzene rings is 8. The van der Waals surface area contributed by atoms with Crippen LogP contribution in [0.25, 0.3) is 99.7 Å². The Bertz CT molecular complexity index is 3420. The Labute approximate surface area is 329 Å². The third-order valence-corrected chi connectivity index (χ3v) is 12.4. The molecule has 0 fully saturated rings. The highest BCUT2D eigenvalue weighted by Crippen LogP contribution is 2.50. The van der Waals surface area contributed by atoms with Gasteiger partial charge in [0.2, 0.25) is 5.95 Å². The minimum absolute atomic E-state index is 0.116. The van der Waals surface area contributed by atoms with Crippen molar-refractivity contribution in [1.29, 1.82) is 0 Å². The number of hydrogen-bond acceptors (Lipinski definition) is 2. The van der Waals surface area contributed by atoms with Crippen LogP contribution in [-0.2, 0) is 5.41 Å². The quantitative estimate of drug-likeness (QED) is 0.181. The van der Waals surface area contributed by atoms with Gasteiger partial charge in [-0.3, -0.25) is 4.57 Å². The fourth-order valence-corrected chi connectivity index (χ4v) is 9.68. The zero-order valence-electron chi connectivity index (χ0n) is 31.6. The first-order valence-corrected chi connectivity index (χ1v) is 19.7. The molecule has 0 saturated carbocycles. The van der Waals surface area contributed by atoms with E-state index >= 15 is 0 Å². The molecule has 0 bridgehead atoms. The van der Waals surface area contributed by atoms with E-state index in [0.29, 0.717) is 5.95 Å². The van der Waals surface area contributed by atoms with E-state index in [1.165, 1.54) is 66.0 Å². The molecule has 8 aromatic carbocycles. The van der Waals surface area contributed by atoms with E-state index in [9.17, 15) is 0 Å². The normalized spacial score (nSPS) is 13.2. The molecule has 268 valence electrons. The van der Waals surface area contributed by atoms with Gasteiger partial charge >= 0.3 is 0 Å². The summed E-state index contributed by atoms with van der Waals surface area (Å²) in [5.74, 6) is 0.664. The summed E-state index contributed by atoms with van der Waals surface area (Å²) in [7, 11) is 0. The van der Waals surface area contributed by atoms with Crippen LogP contribution < -0.4 is 0 Å². The standard InChI is InChI=1S/C53H36N4/c1-53(2)42-20-10-6-16-37(42)38-29-26-35(32-43(38)53)51-39-17-7-11-21-44(39)54-52(55-51)57-46-23-13-9-19-41(46)50-48(57)31-30-47-49(50)40-18-8-12-22-45(40)56(47)36-27-24-34(25-28-36)33-14-4-3-5-15-33/h3-32H,1-2H3. The highest BCUT2D eigenvalue weighted by atomic mass is 15.2. The van der Waals surface area contributed by atoms with Crippen molar-refractivity contribution < 1.29 is 0 Å². The molecule has 0 unspecified atom stereocenters. The fraction of sp³-hybridized carbons (Fsp3) is 0.0566. The van der Waals surface area contributed by atoms with Crippen LogP contribution in [0.15, 0.2) is 182 Å². The molecule has 1 aliphatic rings. The van der Waals surface area contributed by atoms with Gasteiger partial charge in [-0.05, 0) is 81.9 Å². The van der Waals surface area contributed by atoms with E-state index in [0.717, 1.165) is 38.9 Å². The summed E-state index contributed by atoms with van der Waals surface area (Å²) in [6.07, 6.45) is 0. The van der Waals surface area contributed by atoms with Crippen LogP contribution in [0.1, 0.15) is 25.0 Å². The average Bonchev–Trinajstić information content (AvgIpc) is 3.86. The molecule has 4 nitrogen and oxygen atoms in total. The van der Waals surface area contributed by atoms with E-state index in [1.807, 2.05) is 0 Å². The summed E-state index contributed by atoms with van der Waals surface area (Å²) in [4.78, 5) is 10.8. The molecule has 0 amide bonds. The number of nitrogens with zero attached hydrogens (tertiary/aromatic N) is 4. The first-order valence-electron chi connectivity index (χ1n) is 19.7. The molecule has 3 aromatic heterocycles. The Hall–Kier alpha value is -7.30. The lowest BCUT2D eigenvalue weighted by Crippen LogP contribution is -2.15. The minimum Gasteiger partial charge on any atom is -0.309 e. The molecule has 57 heavy (non-hydrogen) atoms. The van der Waals surface area contributed by atoms with Crippen LogP contribution in [0.4, 0.5) is 0 Å². The summed E-state index contributed by atoms with van der Waals surface area (Å²) in [6, 6.07) is 65.7. The predicted octanol–water partition coefficient (Wildman–Crippen LogP) is 13.5. The maximum atomic E-state index is 5.51. The Morgan fingerprint density at radius 3 is 1.72 bits per heavy atom. The summed E-state index contributed by atoms with van der Waals surface area (Å²) < 4.78 is 4.68. The highest BCUT2D eigenvalue weighted by Gasteiger charge is 2.35. The van der Waals surface area contributed by atoms with Gasteiger partial charge in [-0.1, -0.05) is 147 Å². The van der Waals surface area contributed by atoms with Gasteiger partial charge in [-0.25, -0.2) is 9.97 Å². The topological polar surface area (TPSA) is 35.6 Å². The number of fused-ring (bicyclic) bond motifs is 11. The summed E-state index contributed by atoms with van der Waals surface area (Å²) in [5.41, 5.74) is 16.2. The Morgan fingerprint density at radius 2 is 0.965 bits per heavy atom. The largest absolute Gasteiger partial charge is 0.309 e. The van der Waals surface area contributed by atoms with Gasteiger partial charge < -0.3 is 4.57 Å². The van der Waals surface area contributed by atoms with Crippen LogP contribution in [0, 0.1) is 0 Å². The third kappa shape index (κ3) is 4.55. The molecule has 0 aliphatic heterocycles. The second-order valence-electron chi connectivity index (χ2n) is 15.8. The predicted molar refractivity (Wildman–Crippen MR) is 237 cm³/mol. The number of aromatic nitrogens is 4. The van der Waals surface area contributed by atoms with Crippen LogP contribution in [0.3, 0.4) is 0 Å². The number of rotatable bonds is 4. The summed E-state index contributed by atoms with van der Waals surface area (Å²) in [6.45, 7) is 4.67. The molecule has 3 heterocycles. The van der Waals surface area contributed by atoms with Gasteiger partial charge in [-0.2, -0.15) is 0 Å². The molecule has 0 saturated heterocycles. The van der Waals surface area contributed by atoms with E-state index in [1.54, 1.807) is 0 Å².